The van der Waals surface area contributed by atoms with Crippen LogP contribution in [0.2, 0.25) is 0 Å². The van der Waals surface area contributed by atoms with Gasteiger partial charge in [0.05, 0.1) is 0 Å². The van der Waals surface area contributed by atoms with Crippen molar-refractivity contribution in [3.05, 3.63) is 108 Å². The Labute approximate surface area is 161 Å². The summed E-state index contributed by atoms with van der Waals surface area (Å²) in [6, 6.07) is 30.8. The minimum absolute atomic E-state index is 0.225. The van der Waals surface area contributed by atoms with Crippen LogP contribution in [0.25, 0.3) is 10.8 Å². The Bertz CT molecular complexity index is 1060. The van der Waals surface area contributed by atoms with Crippen molar-refractivity contribution in [1.82, 2.24) is 0 Å². The van der Waals surface area contributed by atoms with Crippen molar-refractivity contribution < 1.29 is 4.79 Å². The van der Waals surface area contributed by atoms with E-state index in [2.05, 4.69) is 56.3 Å². The maximum atomic E-state index is 13.9. The quantitative estimate of drug-likeness (QED) is 0.421. The molecule has 132 valence electrons. The van der Waals surface area contributed by atoms with Gasteiger partial charge in [-0.25, -0.2) is 0 Å². The highest BCUT2D eigenvalue weighted by atomic mass is 31.1. The fourth-order valence-corrected chi connectivity index (χ4v) is 5.95. The molecule has 0 aliphatic carbocycles. The monoisotopic (exact) mass is 368 g/mol. The normalized spacial score (nSPS) is 11.1. The maximum absolute atomic E-state index is 13.9. The lowest BCUT2D eigenvalue weighted by Crippen LogP contribution is -2.19. The zero-order chi connectivity index (χ0) is 18.8. The van der Waals surface area contributed by atoms with Crippen molar-refractivity contribution >= 4 is 34.8 Å². The Morgan fingerprint density at radius 3 is 1.81 bits per heavy atom. The third kappa shape index (κ3) is 3.31. The molecule has 0 aromatic heterocycles. The zero-order valence-corrected chi connectivity index (χ0v) is 16.4. The number of fused-ring (bicyclic) bond motifs is 1. The van der Waals surface area contributed by atoms with Gasteiger partial charge in [-0.15, -0.1) is 0 Å². The molecule has 0 aliphatic heterocycles. The molecule has 27 heavy (non-hydrogen) atoms. The van der Waals surface area contributed by atoms with Gasteiger partial charge in [0, 0.05) is 13.5 Å². The largest absolute Gasteiger partial charge is 0.288 e. The molecule has 0 fully saturated rings. The van der Waals surface area contributed by atoms with Gasteiger partial charge in [0.1, 0.15) is 0 Å². The van der Waals surface area contributed by atoms with E-state index in [0.717, 1.165) is 32.7 Å². The van der Waals surface area contributed by atoms with E-state index < -0.39 is 7.92 Å². The second-order valence-corrected chi connectivity index (χ2v) is 8.84. The summed E-state index contributed by atoms with van der Waals surface area (Å²) in [6.45, 7) is 4.13. The number of benzene rings is 4. The molecule has 1 nitrogen and oxygen atoms in total. The molecule has 0 amide bonds. The molecular weight excluding hydrogens is 347 g/mol. The van der Waals surface area contributed by atoms with Crippen molar-refractivity contribution in [1.29, 1.82) is 0 Å². The molecule has 4 aromatic carbocycles. The van der Waals surface area contributed by atoms with Crippen molar-refractivity contribution in [2.24, 2.45) is 0 Å². The number of carbonyl (C=O) groups excluding carboxylic acids is 1. The second-order valence-electron chi connectivity index (χ2n) is 6.73. The molecule has 2 heteroatoms. The highest BCUT2D eigenvalue weighted by molar-refractivity contribution is 7.88. The number of rotatable bonds is 4. The highest BCUT2D eigenvalue weighted by Gasteiger charge is 2.26. The smallest absolute Gasteiger partial charge is 0.193 e. The first-order chi connectivity index (χ1) is 13.2. The van der Waals surface area contributed by atoms with Crippen LogP contribution in [0.4, 0.5) is 0 Å². The topological polar surface area (TPSA) is 17.1 Å². The first kappa shape index (κ1) is 17.6. The predicted molar refractivity (Wildman–Crippen MR) is 117 cm³/mol. The average molecular weight is 368 g/mol. The summed E-state index contributed by atoms with van der Waals surface area (Å²) in [6.07, 6.45) is 0. The Balaban J connectivity index is 1.92. The van der Waals surface area contributed by atoms with E-state index in [-0.39, 0.29) is 5.52 Å². The van der Waals surface area contributed by atoms with Gasteiger partial charge >= 0.3 is 0 Å². The number of hydrogen-bond acceptors (Lipinski definition) is 1. The molecule has 0 heterocycles. The lowest BCUT2D eigenvalue weighted by Gasteiger charge is -2.20. The van der Waals surface area contributed by atoms with Crippen LogP contribution in [0.3, 0.4) is 0 Å². The molecule has 0 aliphatic rings. The summed E-state index contributed by atoms with van der Waals surface area (Å²) in [7, 11) is -1.12. The maximum Gasteiger partial charge on any atom is 0.193 e. The molecule has 0 spiro atoms. The molecule has 0 radical (unpaired) electrons. The zero-order valence-electron chi connectivity index (χ0n) is 15.5. The molecule has 0 bridgehead atoms. The van der Waals surface area contributed by atoms with Gasteiger partial charge in [0.15, 0.2) is 5.52 Å². The first-order valence-corrected chi connectivity index (χ1v) is 10.4. The molecule has 4 aromatic rings. The van der Waals surface area contributed by atoms with Gasteiger partial charge in [0.2, 0.25) is 0 Å². The summed E-state index contributed by atoms with van der Waals surface area (Å²) >= 11 is 0. The van der Waals surface area contributed by atoms with Crippen LogP contribution < -0.4 is 10.6 Å². The van der Waals surface area contributed by atoms with E-state index >= 15 is 0 Å². The molecule has 0 saturated carbocycles. The summed E-state index contributed by atoms with van der Waals surface area (Å²) in [5.41, 5.74) is 3.22. The SMILES string of the molecule is Cc1cc2ccccc2c(C)c1C(=O)P(c1ccccc1)c1ccccc1. The molecule has 0 unspecified atom stereocenters. The number of aryl methyl sites for hydroxylation is 2. The highest BCUT2D eigenvalue weighted by Crippen LogP contribution is 2.40. The third-order valence-electron chi connectivity index (χ3n) is 4.95. The van der Waals surface area contributed by atoms with Crippen LogP contribution in [-0.4, -0.2) is 5.52 Å². The summed E-state index contributed by atoms with van der Waals surface area (Å²) in [4.78, 5) is 13.9. The van der Waals surface area contributed by atoms with Gasteiger partial charge in [-0.1, -0.05) is 91.0 Å². The van der Waals surface area contributed by atoms with Gasteiger partial charge in [0.25, 0.3) is 0 Å². The van der Waals surface area contributed by atoms with Gasteiger partial charge in [-0.3, -0.25) is 4.79 Å². The third-order valence-corrected chi connectivity index (χ3v) is 7.21. The van der Waals surface area contributed by atoms with Gasteiger partial charge in [-0.05, 0) is 46.4 Å². The van der Waals surface area contributed by atoms with Gasteiger partial charge < -0.3 is 0 Å². The second kappa shape index (κ2) is 7.47. The van der Waals surface area contributed by atoms with Crippen LogP contribution >= 0.6 is 7.92 Å². The molecule has 0 saturated heterocycles. The Kier molecular flexibility index (Phi) is 4.88. The van der Waals surface area contributed by atoms with Crippen LogP contribution in [0, 0.1) is 13.8 Å². The molecule has 0 atom stereocenters. The van der Waals surface area contributed by atoms with E-state index in [0.29, 0.717) is 0 Å². The van der Waals surface area contributed by atoms with E-state index in [1.165, 1.54) is 5.39 Å². The van der Waals surface area contributed by atoms with E-state index in [4.69, 9.17) is 0 Å². The predicted octanol–water partition coefficient (Wildman–Crippen LogP) is 5.73. The van der Waals surface area contributed by atoms with Gasteiger partial charge in [-0.2, -0.15) is 0 Å². The van der Waals surface area contributed by atoms with Crippen molar-refractivity contribution in [3.63, 3.8) is 0 Å². The fourth-order valence-electron chi connectivity index (χ4n) is 3.68. The van der Waals surface area contributed by atoms with Crippen molar-refractivity contribution in [2.75, 3.05) is 0 Å². The van der Waals surface area contributed by atoms with Crippen LogP contribution in [0.15, 0.2) is 91.0 Å². The Morgan fingerprint density at radius 1 is 0.704 bits per heavy atom. The Morgan fingerprint density at radius 2 is 1.22 bits per heavy atom. The minimum atomic E-state index is -1.12. The molecular formula is C25H21OP. The Hall–Kier alpha value is -2.76. The fraction of sp³-hybridized carbons (Fsp3) is 0.0800. The van der Waals surface area contributed by atoms with E-state index in [1.54, 1.807) is 0 Å². The van der Waals surface area contributed by atoms with E-state index in [1.807, 2.05) is 48.5 Å². The van der Waals surface area contributed by atoms with Crippen LogP contribution in [0.5, 0.6) is 0 Å². The van der Waals surface area contributed by atoms with Crippen LogP contribution in [-0.2, 0) is 0 Å². The summed E-state index contributed by atoms with van der Waals surface area (Å²) < 4.78 is 0. The molecule has 4 rings (SSSR count). The van der Waals surface area contributed by atoms with Crippen molar-refractivity contribution in [2.45, 2.75) is 13.8 Å². The van der Waals surface area contributed by atoms with Crippen molar-refractivity contribution in [3.8, 4) is 0 Å². The van der Waals surface area contributed by atoms with Crippen LogP contribution in [0.1, 0.15) is 21.5 Å². The number of carbonyl (C=O) groups is 1. The first-order valence-electron chi connectivity index (χ1n) is 9.10. The summed E-state index contributed by atoms with van der Waals surface area (Å²) in [5, 5.41) is 4.53. The average Bonchev–Trinajstić information content (AvgIpc) is 2.70. The lowest BCUT2D eigenvalue weighted by atomic mass is 9.96. The standard InChI is InChI=1S/C25H21OP/c1-18-17-20-11-9-10-16-23(20)19(2)24(18)25(26)27(21-12-5-3-6-13-21)22-14-7-4-8-15-22/h3-17H,1-2H3. The minimum Gasteiger partial charge on any atom is -0.288 e. The number of hydrogen-bond donors (Lipinski definition) is 0. The molecule has 0 N–H and O–H groups in total. The van der Waals surface area contributed by atoms with E-state index in [9.17, 15) is 4.79 Å². The lowest BCUT2D eigenvalue weighted by molar-refractivity contribution is 0.108. The summed E-state index contributed by atoms with van der Waals surface area (Å²) in [5.74, 6) is 0.